The molecule has 0 spiro atoms. The van der Waals surface area contributed by atoms with E-state index < -0.39 is 0 Å². The van der Waals surface area contributed by atoms with Gasteiger partial charge in [0.15, 0.2) is 0 Å². The van der Waals surface area contributed by atoms with Crippen molar-refractivity contribution in [2.75, 3.05) is 0 Å². The zero-order valence-electron chi connectivity index (χ0n) is 14.2. The highest BCUT2D eigenvalue weighted by Crippen LogP contribution is 2.42. The monoisotopic (exact) mass is 353 g/mol. The topological polar surface area (TPSA) is 48.5 Å². The molecule has 6 heteroatoms. The lowest BCUT2D eigenvalue weighted by atomic mass is 10.0. The molecule has 1 saturated carbocycles. The molecule has 3 unspecified atom stereocenters. The summed E-state index contributed by atoms with van der Waals surface area (Å²) in [4.78, 5) is 12.9. The fourth-order valence-electron chi connectivity index (χ4n) is 3.78. The average Bonchev–Trinajstić information content (AvgIpc) is 3.33. The lowest BCUT2D eigenvalue weighted by Crippen LogP contribution is -2.29. The predicted octanol–water partition coefficient (Wildman–Crippen LogP) is 4.13. The standard InChI is InChI=1S/C19H23N5S/c1-2-6-18(25-13-16-4-3-7-20-12-16)19(24-11-9-22-15-24)17(5-1)23-10-8-21-14-23/h3-4,7-12,14-15,17-19H,1-2,5-6,13H2. The maximum atomic E-state index is 4.32. The highest BCUT2D eigenvalue weighted by Gasteiger charge is 2.34. The maximum Gasteiger partial charge on any atom is 0.0949 e. The molecule has 0 aromatic carbocycles. The molecule has 1 aliphatic carbocycles. The van der Waals surface area contributed by atoms with Gasteiger partial charge >= 0.3 is 0 Å². The van der Waals surface area contributed by atoms with Crippen LogP contribution in [0.3, 0.4) is 0 Å². The minimum absolute atomic E-state index is 0.390. The smallest absolute Gasteiger partial charge is 0.0949 e. The minimum Gasteiger partial charge on any atom is -0.332 e. The Balaban J connectivity index is 1.60. The van der Waals surface area contributed by atoms with Gasteiger partial charge in [0.05, 0.1) is 24.7 Å². The van der Waals surface area contributed by atoms with Gasteiger partial charge in [-0.1, -0.05) is 18.9 Å². The van der Waals surface area contributed by atoms with Crippen LogP contribution in [0.15, 0.2) is 62.0 Å². The van der Waals surface area contributed by atoms with Gasteiger partial charge in [-0.3, -0.25) is 4.98 Å². The summed E-state index contributed by atoms with van der Waals surface area (Å²) in [5, 5.41) is 0.546. The summed E-state index contributed by atoms with van der Waals surface area (Å²) in [6.07, 6.45) is 20.7. The Labute approximate surface area is 152 Å². The molecule has 0 amide bonds. The highest BCUT2D eigenvalue weighted by molar-refractivity contribution is 7.99. The number of imidazole rings is 2. The lowest BCUT2D eigenvalue weighted by Gasteiger charge is -2.33. The summed E-state index contributed by atoms with van der Waals surface area (Å²) in [7, 11) is 0. The Morgan fingerprint density at radius 1 is 0.960 bits per heavy atom. The van der Waals surface area contributed by atoms with Crippen LogP contribution in [0, 0.1) is 0 Å². The molecular formula is C19H23N5S. The molecular weight excluding hydrogens is 330 g/mol. The Morgan fingerprint density at radius 3 is 2.48 bits per heavy atom. The summed E-state index contributed by atoms with van der Waals surface area (Å²) in [5.74, 6) is 1.00. The van der Waals surface area contributed by atoms with Gasteiger partial charge in [-0.05, 0) is 24.5 Å². The second-order valence-electron chi connectivity index (χ2n) is 6.57. The summed E-state index contributed by atoms with van der Waals surface area (Å²) in [6, 6.07) is 4.99. The molecule has 25 heavy (non-hydrogen) atoms. The van der Waals surface area contributed by atoms with Gasteiger partial charge in [-0.15, -0.1) is 0 Å². The van der Waals surface area contributed by atoms with Crippen molar-refractivity contribution in [2.45, 2.75) is 48.8 Å². The van der Waals surface area contributed by atoms with Crippen LogP contribution in [-0.2, 0) is 5.75 Å². The third-order valence-electron chi connectivity index (χ3n) is 4.98. The second-order valence-corrected chi connectivity index (χ2v) is 7.80. The van der Waals surface area contributed by atoms with Crippen molar-refractivity contribution in [1.82, 2.24) is 24.1 Å². The molecule has 3 aromatic rings. The fraction of sp³-hybridized carbons (Fsp3) is 0.421. The van der Waals surface area contributed by atoms with E-state index in [1.807, 2.05) is 55.3 Å². The molecule has 3 atom stereocenters. The molecule has 0 bridgehead atoms. The van der Waals surface area contributed by atoms with Gasteiger partial charge in [0.2, 0.25) is 0 Å². The van der Waals surface area contributed by atoms with Crippen molar-refractivity contribution in [3.63, 3.8) is 0 Å². The zero-order valence-corrected chi connectivity index (χ0v) is 15.0. The van der Waals surface area contributed by atoms with Crippen molar-refractivity contribution < 1.29 is 0 Å². The van der Waals surface area contributed by atoms with E-state index in [1.54, 1.807) is 0 Å². The number of aromatic nitrogens is 5. The van der Waals surface area contributed by atoms with E-state index in [1.165, 1.54) is 31.2 Å². The number of pyridine rings is 1. The molecule has 0 radical (unpaired) electrons. The quantitative estimate of drug-likeness (QED) is 0.647. The van der Waals surface area contributed by atoms with Gasteiger partial charge in [0, 0.05) is 48.2 Å². The Kier molecular flexibility index (Phi) is 5.16. The summed E-state index contributed by atoms with van der Waals surface area (Å²) < 4.78 is 4.59. The van der Waals surface area contributed by atoms with Crippen molar-refractivity contribution in [3.8, 4) is 0 Å². The molecule has 1 aliphatic rings. The van der Waals surface area contributed by atoms with E-state index in [-0.39, 0.29) is 0 Å². The van der Waals surface area contributed by atoms with Gasteiger partial charge in [0.25, 0.3) is 0 Å². The Hall–Kier alpha value is -2.08. The molecule has 3 heterocycles. The molecule has 0 N–H and O–H groups in total. The van der Waals surface area contributed by atoms with Crippen LogP contribution < -0.4 is 0 Å². The van der Waals surface area contributed by atoms with Crippen LogP contribution in [0.1, 0.15) is 43.3 Å². The predicted molar refractivity (Wildman–Crippen MR) is 100 cm³/mol. The van der Waals surface area contributed by atoms with Gasteiger partial charge in [-0.2, -0.15) is 11.8 Å². The van der Waals surface area contributed by atoms with E-state index in [9.17, 15) is 0 Å². The van der Waals surface area contributed by atoms with Gasteiger partial charge < -0.3 is 9.13 Å². The minimum atomic E-state index is 0.390. The van der Waals surface area contributed by atoms with Crippen LogP contribution in [-0.4, -0.2) is 29.3 Å². The largest absolute Gasteiger partial charge is 0.332 e. The van der Waals surface area contributed by atoms with Crippen molar-refractivity contribution in [1.29, 1.82) is 0 Å². The molecule has 5 nitrogen and oxygen atoms in total. The van der Waals surface area contributed by atoms with Crippen LogP contribution >= 0.6 is 11.8 Å². The molecule has 1 fully saturated rings. The van der Waals surface area contributed by atoms with Crippen molar-refractivity contribution in [3.05, 3.63) is 67.5 Å². The SMILES string of the molecule is c1cncc(CSC2CCCCC(n3ccnc3)C2n2ccnc2)c1. The fourth-order valence-corrected chi connectivity index (χ4v) is 5.21. The third-order valence-corrected chi connectivity index (χ3v) is 6.42. The average molecular weight is 353 g/mol. The van der Waals surface area contributed by atoms with Crippen molar-refractivity contribution in [2.24, 2.45) is 0 Å². The molecule has 0 saturated heterocycles. The van der Waals surface area contributed by atoms with Crippen LogP contribution in [0.25, 0.3) is 0 Å². The third kappa shape index (κ3) is 3.79. The van der Waals surface area contributed by atoms with E-state index in [4.69, 9.17) is 0 Å². The van der Waals surface area contributed by atoms with E-state index in [2.05, 4.69) is 42.5 Å². The molecule has 3 aromatic heterocycles. The van der Waals surface area contributed by atoms with E-state index in [0.717, 1.165) is 5.75 Å². The number of hydrogen-bond donors (Lipinski definition) is 0. The molecule has 4 rings (SSSR count). The molecule has 130 valence electrons. The Bertz CT molecular complexity index is 741. The maximum absolute atomic E-state index is 4.32. The van der Waals surface area contributed by atoms with Crippen LogP contribution in [0.5, 0.6) is 0 Å². The first-order valence-corrected chi connectivity index (χ1v) is 9.92. The highest BCUT2D eigenvalue weighted by atomic mass is 32.2. The summed E-state index contributed by atoms with van der Waals surface area (Å²) in [6.45, 7) is 0. The Morgan fingerprint density at radius 2 is 1.76 bits per heavy atom. The van der Waals surface area contributed by atoms with Crippen molar-refractivity contribution >= 4 is 11.8 Å². The normalized spacial score (nSPS) is 24.1. The summed E-state index contributed by atoms with van der Waals surface area (Å²) >= 11 is 2.05. The summed E-state index contributed by atoms with van der Waals surface area (Å²) in [5.41, 5.74) is 1.29. The first kappa shape index (κ1) is 16.4. The zero-order chi connectivity index (χ0) is 16.9. The van der Waals surface area contributed by atoms with E-state index in [0.29, 0.717) is 17.3 Å². The van der Waals surface area contributed by atoms with Crippen LogP contribution in [0.4, 0.5) is 0 Å². The number of nitrogens with zero attached hydrogens (tertiary/aromatic N) is 5. The first-order valence-electron chi connectivity index (χ1n) is 8.87. The first-order chi connectivity index (χ1) is 12.4. The van der Waals surface area contributed by atoms with Gasteiger partial charge in [0.1, 0.15) is 0 Å². The number of hydrogen-bond acceptors (Lipinski definition) is 4. The molecule has 0 aliphatic heterocycles. The van der Waals surface area contributed by atoms with Crippen LogP contribution in [0.2, 0.25) is 0 Å². The van der Waals surface area contributed by atoms with Gasteiger partial charge in [-0.25, -0.2) is 9.97 Å². The number of thioether (sulfide) groups is 1. The van der Waals surface area contributed by atoms with E-state index >= 15 is 0 Å². The second kappa shape index (κ2) is 7.87. The lowest BCUT2D eigenvalue weighted by molar-refractivity contribution is 0.313. The number of rotatable bonds is 5.